The van der Waals surface area contributed by atoms with E-state index >= 15 is 0 Å². The highest BCUT2D eigenvalue weighted by molar-refractivity contribution is 7.98. The van der Waals surface area contributed by atoms with Crippen LogP contribution < -0.4 is 5.32 Å². The van der Waals surface area contributed by atoms with E-state index in [1.807, 2.05) is 11.8 Å². The molecule has 6 nitrogen and oxygen atoms in total. The van der Waals surface area contributed by atoms with E-state index in [9.17, 15) is 0 Å². The number of para-hydroxylation sites is 1. The first-order valence-corrected chi connectivity index (χ1v) is 13.1. The monoisotopic (exact) mass is 464 g/mol. The zero-order valence-corrected chi connectivity index (χ0v) is 20.9. The average molecular weight is 465 g/mol. The lowest BCUT2D eigenvalue weighted by Crippen LogP contribution is -2.45. The number of thioether (sulfide) groups is 1. The number of nitrogens with one attached hydrogen (secondary N) is 1. The van der Waals surface area contributed by atoms with Gasteiger partial charge in [-0.15, -0.1) is 11.8 Å². The van der Waals surface area contributed by atoms with Gasteiger partial charge in [-0.05, 0) is 57.1 Å². The van der Waals surface area contributed by atoms with Gasteiger partial charge >= 0.3 is 0 Å². The zero-order valence-electron chi connectivity index (χ0n) is 20.1. The van der Waals surface area contributed by atoms with Gasteiger partial charge < -0.3 is 10.2 Å². The van der Waals surface area contributed by atoms with E-state index < -0.39 is 0 Å². The van der Waals surface area contributed by atoms with Crippen LogP contribution in [-0.4, -0.2) is 84.3 Å². The standard InChI is InChI=1S/C26H36N6S/c1-30(2)14-8-13-27-26-22-10-5-6-11-23(22)28-25(29-26)20-32-17-15-31(16-18-32)19-21-9-4-7-12-24(21)33-3/h4-7,9-12H,8,13-20H2,1-3H3,(H,27,28,29). The van der Waals surface area contributed by atoms with Gasteiger partial charge in [0.15, 0.2) is 0 Å². The molecule has 1 N–H and O–H groups in total. The van der Waals surface area contributed by atoms with Gasteiger partial charge in [0.05, 0.1) is 12.1 Å². The smallest absolute Gasteiger partial charge is 0.145 e. The number of aromatic nitrogens is 2. The molecule has 0 unspecified atom stereocenters. The van der Waals surface area contributed by atoms with Crippen LogP contribution in [0.25, 0.3) is 10.9 Å². The van der Waals surface area contributed by atoms with Crippen molar-refractivity contribution < 1.29 is 0 Å². The molecule has 1 fully saturated rings. The molecule has 1 aromatic heterocycles. The molecule has 0 spiro atoms. The molecule has 0 aliphatic carbocycles. The largest absolute Gasteiger partial charge is 0.369 e. The van der Waals surface area contributed by atoms with Crippen molar-refractivity contribution in [2.24, 2.45) is 0 Å². The fourth-order valence-corrected chi connectivity index (χ4v) is 4.92. The Kier molecular flexibility index (Phi) is 8.56. The van der Waals surface area contributed by atoms with Crippen LogP contribution in [0.2, 0.25) is 0 Å². The number of hydrogen-bond donors (Lipinski definition) is 1. The van der Waals surface area contributed by atoms with E-state index in [1.54, 1.807) is 0 Å². The molecule has 0 radical (unpaired) electrons. The van der Waals surface area contributed by atoms with E-state index in [1.165, 1.54) is 10.5 Å². The third-order valence-corrected chi connectivity index (χ3v) is 6.98. The molecule has 1 aliphatic heterocycles. The second-order valence-electron chi connectivity index (χ2n) is 8.95. The van der Waals surface area contributed by atoms with Gasteiger partial charge in [0.25, 0.3) is 0 Å². The molecule has 0 amide bonds. The molecule has 4 rings (SSSR count). The molecule has 3 aromatic rings. The highest BCUT2D eigenvalue weighted by Gasteiger charge is 2.19. The molecule has 2 aromatic carbocycles. The molecule has 0 atom stereocenters. The van der Waals surface area contributed by atoms with Gasteiger partial charge in [0.2, 0.25) is 0 Å². The Morgan fingerprint density at radius 1 is 0.909 bits per heavy atom. The summed E-state index contributed by atoms with van der Waals surface area (Å²) in [6.07, 6.45) is 3.24. The van der Waals surface area contributed by atoms with E-state index in [0.29, 0.717) is 0 Å². The number of fused-ring (bicyclic) bond motifs is 1. The number of anilines is 1. The van der Waals surface area contributed by atoms with E-state index in [0.717, 1.165) is 81.3 Å². The predicted octanol–water partition coefficient (Wildman–Crippen LogP) is 4.03. The average Bonchev–Trinajstić information content (AvgIpc) is 2.83. The minimum Gasteiger partial charge on any atom is -0.369 e. The van der Waals surface area contributed by atoms with Crippen molar-refractivity contribution in [2.75, 3.05) is 64.9 Å². The van der Waals surface area contributed by atoms with Gasteiger partial charge in [-0.2, -0.15) is 0 Å². The number of piperazine rings is 1. The summed E-state index contributed by atoms with van der Waals surface area (Å²) in [4.78, 5) is 18.4. The summed E-state index contributed by atoms with van der Waals surface area (Å²) in [5.74, 6) is 1.87. The fraction of sp³-hybridized carbons (Fsp3) is 0.462. The Morgan fingerprint density at radius 3 is 2.36 bits per heavy atom. The van der Waals surface area contributed by atoms with Crippen LogP contribution in [0.15, 0.2) is 53.4 Å². The van der Waals surface area contributed by atoms with E-state index in [2.05, 4.69) is 88.9 Å². The van der Waals surface area contributed by atoms with Crippen LogP contribution in [0.3, 0.4) is 0 Å². The van der Waals surface area contributed by atoms with E-state index in [4.69, 9.17) is 9.97 Å². The normalized spacial score (nSPS) is 15.4. The van der Waals surface area contributed by atoms with Gasteiger partial charge in [-0.25, -0.2) is 9.97 Å². The maximum Gasteiger partial charge on any atom is 0.145 e. The van der Waals surface area contributed by atoms with E-state index in [-0.39, 0.29) is 0 Å². The summed E-state index contributed by atoms with van der Waals surface area (Å²) in [6.45, 7) is 8.04. The van der Waals surface area contributed by atoms with Crippen molar-refractivity contribution in [3.8, 4) is 0 Å². The first kappa shape index (κ1) is 24.0. The lowest BCUT2D eigenvalue weighted by atomic mass is 10.2. The lowest BCUT2D eigenvalue weighted by molar-refractivity contribution is 0.119. The summed E-state index contributed by atoms with van der Waals surface area (Å²) >= 11 is 1.83. The highest BCUT2D eigenvalue weighted by atomic mass is 32.2. The SMILES string of the molecule is CSc1ccccc1CN1CCN(Cc2nc(NCCCN(C)C)c3ccccc3n2)CC1. The molecule has 0 bridgehead atoms. The maximum absolute atomic E-state index is 4.93. The molecule has 1 aliphatic rings. The predicted molar refractivity (Wildman–Crippen MR) is 140 cm³/mol. The fourth-order valence-electron chi connectivity index (χ4n) is 4.31. The summed E-state index contributed by atoms with van der Waals surface area (Å²) < 4.78 is 0. The number of rotatable bonds is 10. The Hall–Kier alpha value is -2.19. The first-order chi connectivity index (χ1) is 16.1. The summed E-state index contributed by atoms with van der Waals surface area (Å²) in [5, 5.41) is 4.66. The van der Waals surface area contributed by atoms with Crippen molar-refractivity contribution in [1.82, 2.24) is 24.7 Å². The molecular formula is C26H36N6S. The topological polar surface area (TPSA) is 47.5 Å². The number of benzene rings is 2. The Balaban J connectivity index is 1.37. The third kappa shape index (κ3) is 6.67. The number of hydrogen-bond acceptors (Lipinski definition) is 7. The lowest BCUT2D eigenvalue weighted by Gasteiger charge is -2.34. The maximum atomic E-state index is 4.93. The van der Waals surface area contributed by atoms with Crippen molar-refractivity contribution in [1.29, 1.82) is 0 Å². The molecular weight excluding hydrogens is 428 g/mol. The molecule has 0 saturated carbocycles. The Bertz CT molecular complexity index is 1030. The Morgan fingerprint density at radius 2 is 1.61 bits per heavy atom. The summed E-state index contributed by atoms with van der Waals surface area (Å²) in [5.41, 5.74) is 2.45. The summed E-state index contributed by atoms with van der Waals surface area (Å²) in [7, 11) is 4.22. The molecule has 2 heterocycles. The van der Waals surface area contributed by atoms with Crippen molar-refractivity contribution in [2.45, 2.75) is 24.4 Å². The summed E-state index contributed by atoms with van der Waals surface area (Å²) in [6, 6.07) is 17.1. The van der Waals surface area contributed by atoms with Crippen LogP contribution in [0.1, 0.15) is 17.8 Å². The first-order valence-electron chi connectivity index (χ1n) is 11.8. The Labute approximate surface area is 202 Å². The van der Waals surface area contributed by atoms with Crippen molar-refractivity contribution in [3.63, 3.8) is 0 Å². The minimum atomic E-state index is 0.798. The van der Waals surface area contributed by atoms with Crippen LogP contribution in [0.5, 0.6) is 0 Å². The van der Waals surface area contributed by atoms with Crippen LogP contribution in [0, 0.1) is 0 Å². The van der Waals surface area contributed by atoms with Gasteiger partial charge in [0, 0.05) is 49.6 Å². The van der Waals surface area contributed by atoms with Crippen molar-refractivity contribution >= 4 is 28.5 Å². The quantitative estimate of drug-likeness (QED) is 0.359. The van der Waals surface area contributed by atoms with Gasteiger partial charge in [-0.1, -0.05) is 30.3 Å². The third-order valence-electron chi connectivity index (χ3n) is 6.14. The van der Waals surface area contributed by atoms with Crippen LogP contribution in [-0.2, 0) is 13.1 Å². The second kappa shape index (κ2) is 11.8. The molecule has 176 valence electrons. The second-order valence-corrected chi connectivity index (χ2v) is 9.80. The van der Waals surface area contributed by atoms with Crippen LogP contribution >= 0.6 is 11.8 Å². The van der Waals surface area contributed by atoms with Crippen molar-refractivity contribution in [3.05, 3.63) is 59.9 Å². The highest BCUT2D eigenvalue weighted by Crippen LogP contribution is 2.23. The number of nitrogens with zero attached hydrogens (tertiary/aromatic N) is 5. The molecule has 7 heteroatoms. The molecule has 1 saturated heterocycles. The van der Waals surface area contributed by atoms with Gasteiger partial charge in [0.1, 0.15) is 11.6 Å². The van der Waals surface area contributed by atoms with Gasteiger partial charge in [-0.3, -0.25) is 9.80 Å². The zero-order chi connectivity index (χ0) is 23.0. The van der Waals surface area contributed by atoms with Crippen LogP contribution in [0.4, 0.5) is 5.82 Å². The molecule has 33 heavy (non-hydrogen) atoms. The minimum absolute atomic E-state index is 0.798.